The van der Waals surface area contributed by atoms with E-state index in [1.807, 2.05) is 78.9 Å². The van der Waals surface area contributed by atoms with Gasteiger partial charge in [-0.2, -0.15) is 0 Å². The summed E-state index contributed by atoms with van der Waals surface area (Å²) in [6.07, 6.45) is -0.684. The highest BCUT2D eigenvalue weighted by atomic mass is 16.5. The predicted octanol–water partition coefficient (Wildman–Crippen LogP) is 5.64. The minimum Gasteiger partial charge on any atom is -0.489 e. The summed E-state index contributed by atoms with van der Waals surface area (Å²) >= 11 is 0. The van der Waals surface area contributed by atoms with Crippen molar-refractivity contribution in [1.29, 1.82) is 0 Å². The van der Waals surface area contributed by atoms with E-state index in [-0.39, 0.29) is 11.8 Å². The molecule has 3 aromatic rings. The van der Waals surface area contributed by atoms with Crippen molar-refractivity contribution in [2.75, 3.05) is 0 Å². The molecule has 0 radical (unpaired) electrons. The second-order valence-corrected chi connectivity index (χ2v) is 8.34. The topological polar surface area (TPSA) is 55.8 Å². The molecule has 0 amide bonds. The Morgan fingerprint density at radius 3 is 2.00 bits per heavy atom. The fraction of sp³-hybridized carbons (Fsp3) is 0.269. The van der Waals surface area contributed by atoms with Gasteiger partial charge in [0.15, 0.2) is 6.10 Å². The van der Waals surface area contributed by atoms with E-state index in [4.69, 9.17) is 9.47 Å². The Morgan fingerprint density at radius 1 is 0.833 bits per heavy atom. The highest BCUT2D eigenvalue weighted by Gasteiger charge is 2.21. The standard InChI is InChI=1S/C26H28O4/c1-26(2,3)21-11-15-23(16-12-21)30-24(25(27)28)17-19-9-13-22(14-10-19)29-18-20-7-5-4-6-8-20/h4-16,24H,17-18H2,1-3H3,(H,27,28). The quantitative estimate of drug-likeness (QED) is 0.528. The maximum absolute atomic E-state index is 11.7. The van der Waals surface area contributed by atoms with Crippen molar-refractivity contribution in [2.24, 2.45) is 0 Å². The highest BCUT2D eigenvalue weighted by Crippen LogP contribution is 2.25. The van der Waals surface area contributed by atoms with Gasteiger partial charge in [0.2, 0.25) is 0 Å². The van der Waals surface area contributed by atoms with Crippen molar-refractivity contribution in [2.45, 2.75) is 45.3 Å². The van der Waals surface area contributed by atoms with Gasteiger partial charge < -0.3 is 14.6 Å². The van der Waals surface area contributed by atoms with Gasteiger partial charge in [-0.15, -0.1) is 0 Å². The van der Waals surface area contributed by atoms with E-state index >= 15 is 0 Å². The van der Waals surface area contributed by atoms with Crippen LogP contribution < -0.4 is 9.47 Å². The molecule has 156 valence electrons. The minimum absolute atomic E-state index is 0.0368. The maximum Gasteiger partial charge on any atom is 0.345 e. The van der Waals surface area contributed by atoms with Gasteiger partial charge in [0, 0.05) is 6.42 Å². The average molecular weight is 405 g/mol. The van der Waals surface area contributed by atoms with Crippen molar-refractivity contribution < 1.29 is 19.4 Å². The highest BCUT2D eigenvalue weighted by molar-refractivity contribution is 5.73. The number of carbonyl (C=O) groups is 1. The molecule has 30 heavy (non-hydrogen) atoms. The lowest BCUT2D eigenvalue weighted by Gasteiger charge is -2.20. The summed E-state index contributed by atoms with van der Waals surface area (Å²) in [6, 6.07) is 25.0. The van der Waals surface area contributed by atoms with E-state index in [1.165, 1.54) is 5.56 Å². The molecule has 0 fully saturated rings. The Bertz CT molecular complexity index is 939. The number of rotatable bonds is 8. The molecule has 0 aromatic heterocycles. The second-order valence-electron chi connectivity index (χ2n) is 8.34. The molecular weight excluding hydrogens is 376 g/mol. The molecule has 1 atom stereocenters. The zero-order valence-corrected chi connectivity index (χ0v) is 17.7. The third-order valence-corrected chi connectivity index (χ3v) is 4.87. The lowest BCUT2D eigenvalue weighted by molar-refractivity contribution is -0.145. The van der Waals surface area contributed by atoms with Gasteiger partial charge >= 0.3 is 5.97 Å². The molecule has 0 spiro atoms. The number of hydrogen-bond donors (Lipinski definition) is 1. The van der Waals surface area contributed by atoms with Crippen LogP contribution in [0.5, 0.6) is 11.5 Å². The van der Waals surface area contributed by atoms with Gasteiger partial charge in [0.05, 0.1) is 0 Å². The van der Waals surface area contributed by atoms with Crippen LogP contribution in [0, 0.1) is 0 Å². The zero-order chi connectivity index (χ0) is 21.6. The molecule has 0 heterocycles. The van der Waals surface area contributed by atoms with Crippen molar-refractivity contribution in [3.63, 3.8) is 0 Å². The monoisotopic (exact) mass is 404 g/mol. The number of ether oxygens (including phenoxy) is 2. The molecule has 0 bridgehead atoms. The van der Waals surface area contributed by atoms with Crippen molar-refractivity contribution in [3.8, 4) is 11.5 Å². The Balaban J connectivity index is 1.60. The fourth-order valence-electron chi connectivity index (χ4n) is 3.05. The molecule has 1 unspecified atom stereocenters. The smallest absolute Gasteiger partial charge is 0.345 e. The summed E-state index contributed by atoms with van der Waals surface area (Å²) in [5.41, 5.74) is 3.18. The summed E-state index contributed by atoms with van der Waals surface area (Å²) < 4.78 is 11.5. The average Bonchev–Trinajstić information content (AvgIpc) is 2.73. The lowest BCUT2D eigenvalue weighted by atomic mass is 9.87. The van der Waals surface area contributed by atoms with Gasteiger partial charge in [-0.3, -0.25) is 0 Å². The van der Waals surface area contributed by atoms with E-state index in [2.05, 4.69) is 20.8 Å². The zero-order valence-electron chi connectivity index (χ0n) is 17.7. The fourth-order valence-corrected chi connectivity index (χ4v) is 3.05. The van der Waals surface area contributed by atoms with Crippen molar-refractivity contribution in [3.05, 3.63) is 95.6 Å². The number of carboxylic acid groups (broad SMARTS) is 1. The Morgan fingerprint density at radius 2 is 1.43 bits per heavy atom. The first-order valence-corrected chi connectivity index (χ1v) is 10.1. The third kappa shape index (κ3) is 6.11. The molecular formula is C26H28O4. The van der Waals surface area contributed by atoms with E-state index in [1.54, 1.807) is 0 Å². The van der Waals surface area contributed by atoms with Crippen LogP contribution in [-0.4, -0.2) is 17.2 Å². The van der Waals surface area contributed by atoms with Gasteiger partial charge in [-0.25, -0.2) is 4.79 Å². The number of aliphatic carboxylic acids is 1. The summed E-state index contributed by atoms with van der Waals surface area (Å²) in [5, 5.41) is 9.59. The number of carboxylic acids is 1. The van der Waals surface area contributed by atoms with Crippen molar-refractivity contribution in [1.82, 2.24) is 0 Å². The van der Waals surface area contributed by atoms with Crippen LogP contribution in [0.25, 0.3) is 0 Å². The van der Waals surface area contributed by atoms with E-state index in [0.29, 0.717) is 12.4 Å². The molecule has 1 N–H and O–H groups in total. The molecule has 0 aliphatic heterocycles. The first kappa shape index (κ1) is 21.4. The van der Waals surface area contributed by atoms with Crippen LogP contribution >= 0.6 is 0 Å². The predicted molar refractivity (Wildman–Crippen MR) is 118 cm³/mol. The van der Waals surface area contributed by atoms with Crippen molar-refractivity contribution >= 4 is 5.97 Å². The van der Waals surface area contributed by atoms with Crippen LogP contribution in [0.4, 0.5) is 0 Å². The van der Waals surface area contributed by atoms with Crippen LogP contribution in [-0.2, 0) is 23.2 Å². The van der Waals surface area contributed by atoms with Crippen LogP contribution in [0.2, 0.25) is 0 Å². The lowest BCUT2D eigenvalue weighted by Crippen LogP contribution is -2.29. The SMILES string of the molecule is CC(C)(C)c1ccc(OC(Cc2ccc(OCc3ccccc3)cc2)C(=O)O)cc1. The molecule has 4 heteroatoms. The largest absolute Gasteiger partial charge is 0.489 e. The van der Waals surface area contributed by atoms with E-state index in [0.717, 1.165) is 16.9 Å². The van der Waals surface area contributed by atoms with Gasteiger partial charge in [-0.05, 0) is 46.4 Å². The van der Waals surface area contributed by atoms with E-state index < -0.39 is 12.1 Å². The second kappa shape index (κ2) is 9.49. The first-order valence-electron chi connectivity index (χ1n) is 10.1. The summed E-state index contributed by atoms with van der Waals surface area (Å²) in [6.45, 7) is 6.90. The molecule has 0 aliphatic carbocycles. The van der Waals surface area contributed by atoms with Gasteiger partial charge in [-0.1, -0.05) is 75.4 Å². The van der Waals surface area contributed by atoms with Crippen LogP contribution in [0.3, 0.4) is 0 Å². The Labute approximate surface area is 178 Å². The molecule has 3 aromatic carbocycles. The molecule has 3 rings (SSSR count). The molecule has 0 aliphatic rings. The maximum atomic E-state index is 11.7. The van der Waals surface area contributed by atoms with Crippen LogP contribution in [0.1, 0.15) is 37.5 Å². The molecule has 0 saturated carbocycles. The number of hydrogen-bond acceptors (Lipinski definition) is 3. The first-order chi connectivity index (χ1) is 14.3. The minimum atomic E-state index is -0.987. The van der Waals surface area contributed by atoms with E-state index in [9.17, 15) is 9.90 Å². The molecule has 0 saturated heterocycles. The number of benzene rings is 3. The third-order valence-electron chi connectivity index (χ3n) is 4.87. The Hall–Kier alpha value is -3.27. The van der Waals surface area contributed by atoms with Crippen LogP contribution in [0.15, 0.2) is 78.9 Å². The summed E-state index contributed by atoms with van der Waals surface area (Å²) in [4.78, 5) is 11.7. The summed E-state index contributed by atoms with van der Waals surface area (Å²) in [5.74, 6) is 0.311. The molecule has 4 nitrogen and oxygen atoms in total. The summed E-state index contributed by atoms with van der Waals surface area (Å²) in [7, 11) is 0. The normalized spacial score (nSPS) is 12.2. The van der Waals surface area contributed by atoms with Gasteiger partial charge in [0.25, 0.3) is 0 Å². The van der Waals surface area contributed by atoms with Gasteiger partial charge in [0.1, 0.15) is 18.1 Å². The Kier molecular flexibility index (Phi) is 6.78.